The van der Waals surface area contributed by atoms with Crippen LogP contribution >= 0.6 is 11.6 Å². The van der Waals surface area contributed by atoms with Crippen LogP contribution in [0.3, 0.4) is 0 Å². The molecular formula is C22H30ClN5O3. The molecular weight excluding hydrogens is 418 g/mol. The van der Waals surface area contributed by atoms with Crippen molar-refractivity contribution in [1.29, 1.82) is 0 Å². The lowest BCUT2D eigenvalue weighted by Crippen LogP contribution is -2.42. The third-order valence-electron chi connectivity index (χ3n) is 5.54. The first kappa shape index (κ1) is 23.2. The predicted octanol–water partition coefficient (Wildman–Crippen LogP) is 2.73. The zero-order valence-corrected chi connectivity index (χ0v) is 19.0. The van der Waals surface area contributed by atoms with Crippen molar-refractivity contribution in [2.24, 2.45) is 0 Å². The molecule has 0 spiro atoms. The summed E-state index contributed by atoms with van der Waals surface area (Å²) in [5.41, 5.74) is 0.817. The molecule has 1 aliphatic heterocycles. The Labute approximate surface area is 188 Å². The van der Waals surface area contributed by atoms with Crippen LogP contribution in [0.25, 0.3) is 11.4 Å². The van der Waals surface area contributed by atoms with Crippen LogP contribution in [0.15, 0.2) is 28.8 Å². The molecule has 1 aliphatic rings. The fourth-order valence-corrected chi connectivity index (χ4v) is 3.82. The second kappa shape index (κ2) is 11.2. The summed E-state index contributed by atoms with van der Waals surface area (Å²) in [5.74, 6) is 1.16. The monoisotopic (exact) mass is 447 g/mol. The van der Waals surface area contributed by atoms with Gasteiger partial charge in [0.1, 0.15) is 0 Å². The Balaban J connectivity index is 1.47. The molecule has 2 heterocycles. The minimum absolute atomic E-state index is 0.0724. The number of amides is 2. The first-order chi connectivity index (χ1) is 15.0. The second-order valence-corrected chi connectivity index (χ2v) is 8.03. The molecule has 0 atom stereocenters. The third-order valence-corrected chi connectivity index (χ3v) is 5.79. The zero-order chi connectivity index (χ0) is 22.2. The largest absolute Gasteiger partial charge is 0.342 e. The van der Waals surface area contributed by atoms with Crippen LogP contribution in [0.4, 0.5) is 0 Å². The number of nitrogens with zero attached hydrogens (tertiary/aromatic N) is 5. The van der Waals surface area contributed by atoms with Gasteiger partial charge in [-0.2, -0.15) is 4.98 Å². The van der Waals surface area contributed by atoms with E-state index in [4.69, 9.17) is 16.1 Å². The highest BCUT2D eigenvalue weighted by Crippen LogP contribution is 2.19. The van der Waals surface area contributed by atoms with Crippen molar-refractivity contribution >= 4 is 23.4 Å². The van der Waals surface area contributed by atoms with Crippen LogP contribution in [0.1, 0.15) is 32.6 Å². The molecule has 1 aromatic carbocycles. The first-order valence-corrected chi connectivity index (χ1v) is 11.2. The maximum atomic E-state index is 12.7. The van der Waals surface area contributed by atoms with Crippen molar-refractivity contribution in [3.8, 4) is 11.4 Å². The molecule has 8 nitrogen and oxygen atoms in total. The summed E-state index contributed by atoms with van der Waals surface area (Å²) in [5, 5.41) is 4.64. The molecule has 31 heavy (non-hydrogen) atoms. The van der Waals surface area contributed by atoms with E-state index in [9.17, 15) is 9.59 Å². The van der Waals surface area contributed by atoms with Crippen molar-refractivity contribution in [2.45, 2.75) is 33.1 Å². The van der Waals surface area contributed by atoms with E-state index in [0.29, 0.717) is 55.8 Å². The van der Waals surface area contributed by atoms with Gasteiger partial charge in [-0.15, -0.1) is 0 Å². The van der Waals surface area contributed by atoms with Gasteiger partial charge in [-0.1, -0.05) is 16.8 Å². The summed E-state index contributed by atoms with van der Waals surface area (Å²) in [6, 6.07) is 7.20. The second-order valence-electron chi connectivity index (χ2n) is 7.60. The fourth-order valence-electron chi connectivity index (χ4n) is 3.69. The molecule has 0 radical (unpaired) electrons. The van der Waals surface area contributed by atoms with E-state index in [1.165, 1.54) is 0 Å². The highest BCUT2D eigenvalue weighted by molar-refractivity contribution is 6.30. The lowest BCUT2D eigenvalue weighted by atomic mass is 10.2. The van der Waals surface area contributed by atoms with Gasteiger partial charge in [0.25, 0.3) is 0 Å². The molecule has 0 bridgehead atoms. The number of likely N-dealkylation sites (N-methyl/N-ethyl adjacent to an activating group) is 1. The molecule has 0 aliphatic carbocycles. The van der Waals surface area contributed by atoms with Gasteiger partial charge in [0.05, 0.1) is 6.54 Å². The predicted molar refractivity (Wildman–Crippen MR) is 119 cm³/mol. The molecule has 3 rings (SSSR count). The number of carbonyl (C=O) groups is 2. The number of benzene rings is 1. The number of hydrogen-bond acceptors (Lipinski definition) is 6. The average molecular weight is 448 g/mol. The maximum Gasteiger partial charge on any atom is 0.236 e. The van der Waals surface area contributed by atoms with Gasteiger partial charge >= 0.3 is 0 Å². The Morgan fingerprint density at radius 1 is 1.10 bits per heavy atom. The summed E-state index contributed by atoms with van der Waals surface area (Å²) < 4.78 is 5.30. The Morgan fingerprint density at radius 2 is 1.84 bits per heavy atom. The van der Waals surface area contributed by atoms with E-state index in [1.54, 1.807) is 12.1 Å². The molecule has 9 heteroatoms. The summed E-state index contributed by atoms with van der Waals surface area (Å²) in [7, 11) is 0. The Morgan fingerprint density at radius 3 is 2.55 bits per heavy atom. The minimum Gasteiger partial charge on any atom is -0.342 e. The average Bonchev–Trinajstić information content (AvgIpc) is 3.12. The van der Waals surface area contributed by atoms with Crippen LogP contribution in [0.5, 0.6) is 0 Å². The number of rotatable bonds is 8. The number of carbonyl (C=O) groups excluding carboxylic acids is 2. The van der Waals surface area contributed by atoms with Gasteiger partial charge in [0, 0.05) is 62.7 Å². The molecule has 0 saturated carbocycles. The summed E-state index contributed by atoms with van der Waals surface area (Å²) in [4.78, 5) is 35.3. The molecule has 2 aromatic rings. The van der Waals surface area contributed by atoms with Crippen molar-refractivity contribution in [1.82, 2.24) is 24.8 Å². The zero-order valence-electron chi connectivity index (χ0n) is 18.2. The van der Waals surface area contributed by atoms with Crippen molar-refractivity contribution in [3.05, 3.63) is 35.2 Å². The number of hydrogen-bond donors (Lipinski definition) is 0. The molecule has 1 fully saturated rings. The van der Waals surface area contributed by atoms with Crippen LogP contribution in [-0.2, 0) is 16.0 Å². The Bertz CT molecular complexity index is 866. The molecule has 168 valence electrons. The highest BCUT2D eigenvalue weighted by Gasteiger charge is 2.22. The lowest BCUT2D eigenvalue weighted by molar-refractivity contribution is -0.132. The van der Waals surface area contributed by atoms with Crippen molar-refractivity contribution < 1.29 is 14.1 Å². The Hall–Kier alpha value is -2.45. The lowest BCUT2D eigenvalue weighted by Gasteiger charge is -2.25. The molecule has 0 unspecified atom stereocenters. The van der Waals surface area contributed by atoms with Gasteiger partial charge in [0.2, 0.25) is 23.5 Å². The molecule has 0 N–H and O–H groups in total. The quantitative estimate of drug-likeness (QED) is 0.618. The fraction of sp³-hybridized carbons (Fsp3) is 0.545. The van der Waals surface area contributed by atoms with Gasteiger partial charge in [-0.05, 0) is 44.5 Å². The molecule has 1 aromatic heterocycles. The van der Waals surface area contributed by atoms with Crippen LogP contribution in [0.2, 0.25) is 5.02 Å². The SMILES string of the molecule is CCN(CC)C(=O)CN1CCCN(C(=O)CCc2nc(-c3ccc(Cl)cc3)no2)CC1. The van der Waals surface area contributed by atoms with Crippen LogP contribution in [-0.4, -0.2) is 82.5 Å². The van der Waals surface area contributed by atoms with E-state index in [1.807, 2.05) is 35.8 Å². The maximum absolute atomic E-state index is 12.7. The van der Waals surface area contributed by atoms with Crippen LogP contribution in [0, 0.1) is 0 Å². The van der Waals surface area contributed by atoms with E-state index < -0.39 is 0 Å². The molecule has 2 amide bonds. The number of aromatic nitrogens is 2. The summed E-state index contributed by atoms with van der Waals surface area (Å²) in [6.45, 7) is 8.72. The van der Waals surface area contributed by atoms with E-state index in [2.05, 4.69) is 15.0 Å². The number of halogens is 1. The molecule has 1 saturated heterocycles. The standard InChI is InChI=1S/C22H30ClN5O3/c1-3-27(4-2)21(30)16-26-12-5-13-28(15-14-26)20(29)11-10-19-24-22(25-31-19)17-6-8-18(23)9-7-17/h6-9H,3-5,10-16H2,1-2H3. The van der Waals surface area contributed by atoms with E-state index in [-0.39, 0.29) is 11.8 Å². The smallest absolute Gasteiger partial charge is 0.236 e. The van der Waals surface area contributed by atoms with Crippen LogP contribution < -0.4 is 0 Å². The number of aryl methyl sites for hydroxylation is 1. The van der Waals surface area contributed by atoms with E-state index >= 15 is 0 Å². The van der Waals surface area contributed by atoms with Gasteiger partial charge in [-0.3, -0.25) is 14.5 Å². The van der Waals surface area contributed by atoms with Gasteiger partial charge < -0.3 is 14.3 Å². The Kier molecular flexibility index (Phi) is 8.43. The van der Waals surface area contributed by atoms with Crippen molar-refractivity contribution in [3.63, 3.8) is 0 Å². The van der Waals surface area contributed by atoms with Crippen molar-refractivity contribution in [2.75, 3.05) is 45.8 Å². The van der Waals surface area contributed by atoms with E-state index in [0.717, 1.165) is 31.6 Å². The topological polar surface area (TPSA) is 82.8 Å². The normalized spacial score (nSPS) is 15.0. The first-order valence-electron chi connectivity index (χ1n) is 10.9. The van der Waals surface area contributed by atoms with Gasteiger partial charge in [-0.25, -0.2) is 0 Å². The third kappa shape index (κ3) is 6.51. The summed E-state index contributed by atoms with van der Waals surface area (Å²) >= 11 is 5.91. The van der Waals surface area contributed by atoms with Gasteiger partial charge in [0.15, 0.2) is 0 Å². The minimum atomic E-state index is 0.0724. The summed E-state index contributed by atoms with van der Waals surface area (Å²) in [6.07, 6.45) is 1.58. The highest BCUT2D eigenvalue weighted by atomic mass is 35.5.